The molecule has 0 radical (unpaired) electrons. The molecule has 1 saturated heterocycles. The van der Waals surface area contributed by atoms with Crippen LogP contribution in [0.2, 0.25) is 0 Å². The van der Waals surface area contributed by atoms with Crippen LogP contribution in [0.1, 0.15) is 31.2 Å². The number of amides is 1. The van der Waals surface area contributed by atoms with E-state index in [0.717, 1.165) is 51.0 Å². The molecule has 5 heteroatoms. The molecule has 1 heterocycles. The molecule has 22 heavy (non-hydrogen) atoms. The fraction of sp³-hybridized carbons (Fsp3) is 0.588. The van der Waals surface area contributed by atoms with E-state index >= 15 is 0 Å². The molecule has 2 rings (SSSR count). The number of benzene rings is 1. The predicted octanol–water partition coefficient (Wildman–Crippen LogP) is 2.75. The summed E-state index contributed by atoms with van der Waals surface area (Å²) in [5, 5.41) is 3.15. The van der Waals surface area contributed by atoms with Crippen LogP contribution in [-0.4, -0.2) is 37.5 Å². The lowest BCUT2D eigenvalue weighted by Gasteiger charge is -2.32. The molecule has 0 saturated carbocycles. The predicted molar refractivity (Wildman–Crippen MR) is 82.5 cm³/mol. The van der Waals surface area contributed by atoms with Crippen molar-refractivity contribution in [1.29, 1.82) is 0 Å². The minimum absolute atomic E-state index is 0.0377. The number of nitrogens with zero attached hydrogens (tertiary/aromatic N) is 1. The second-order valence-electron chi connectivity index (χ2n) is 5.95. The zero-order chi connectivity index (χ0) is 15.9. The highest BCUT2D eigenvalue weighted by molar-refractivity contribution is 5.76. The van der Waals surface area contributed by atoms with Gasteiger partial charge in [-0.15, -0.1) is 0 Å². The molecule has 0 bridgehead atoms. The van der Waals surface area contributed by atoms with Gasteiger partial charge in [-0.25, -0.2) is 8.78 Å². The van der Waals surface area contributed by atoms with Crippen molar-refractivity contribution in [3.8, 4) is 0 Å². The fourth-order valence-electron chi connectivity index (χ4n) is 2.95. The summed E-state index contributed by atoms with van der Waals surface area (Å²) < 4.78 is 26.6. The summed E-state index contributed by atoms with van der Waals surface area (Å²) in [6.07, 6.45) is 3.69. The van der Waals surface area contributed by atoms with Crippen molar-refractivity contribution in [1.82, 2.24) is 10.2 Å². The molecule has 3 nitrogen and oxygen atoms in total. The Hall–Kier alpha value is -1.49. The van der Waals surface area contributed by atoms with Gasteiger partial charge in [0, 0.05) is 19.5 Å². The molecule has 0 aliphatic carbocycles. The molecule has 0 unspecified atom stereocenters. The van der Waals surface area contributed by atoms with Gasteiger partial charge in [-0.2, -0.15) is 0 Å². The van der Waals surface area contributed by atoms with Crippen LogP contribution in [0.5, 0.6) is 0 Å². The largest absolute Gasteiger partial charge is 0.343 e. The first-order chi connectivity index (χ1) is 10.6. The van der Waals surface area contributed by atoms with Crippen molar-refractivity contribution in [2.24, 2.45) is 5.92 Å². The van der Waals surface area contributed by atoms with Crippen molar-refractivity contribution in [3.63, 3.8) is 0 Å². The minimum atomic E-state index is -0.464. The normalized spacial score (nSPS) is 16.0. The molecule has 1 amide bonds. The number of piperidine rings is 1. The van der Waals surface area contributed by atoms with Gasteiger partial charge in [0.05, 0.1) is 0 Å². The van der Waals surface area contributed by atoms with Crippen LogP contribution < -0.4 is 5.32 Å². The van der Waals surface area contributed by atoms with E-state index in [1.165, 1.54) is 6.07 Å². The zero-order valence-corrected chi connectivity index (χ0v) is 13.1. The Morgan fingerprint density at radius 1 is 1.32 bits per heavy atom. The van der Waals surface area contributed by atoms with Crippen molar-refractivity contribution in [3.05, 3.63) is 35.4 Å². The number of hydrogen-bond acceptors (Lipinski definition) is 2. The topological polar surface area (TPSA) is 32.3 Å². The lowest BCUT2D eigenvalue weighted by molar-refractivity contribution is -0.132. The third kappa shape index (κ3) is 4.77. The summed E-state index contributed by atoms with van der Waals surface area (Å²) in [5.74, 6) is -0.193. The van der Waals surface area contributed by atoms with E-state index in [0.29, 0.717) is 5.92 Å². The van der Waals surface area contributed by atoms with Crippen molar-refractivity contribution in [2.75, 3.05) is 26.7 Å². The maximum Gasteiger partial charge on any atom is 0.222 e. The van der Waals surface area contributed by atoms with E-state index in [4.69, 9.17) is 0 Å². The fourth-order valence-corrected chi connectivity index (χ4v) is 2.95. The van der Waals surface area contributed by atoms with Gasteiger partial charge in [-0.1, -0.05) is 0 Å². The number of carbonyl (C=O) groups excluding carboxylic acids is 1. The lowest BCUT2D eigenvalue weighted by atomic mass is 9.93. The Labute approximate surface area is 130 Å². The van der Waals surface area contributed by atoms with Crippen LogP contribution in [-0.2, 0) is 11.2 Å². The summed E-state index contributed by atoms with van der Waals surface area (Å²) in [6.45, 7) is 2.56. The van der Waals surface area contributed by atoms with Crippen LogP contribution in [0.15, 0.2) is 18.2 Å². The van der Waals surface area contributed by atoms with E-state index in [2.05, 4.69) is 5.32 Å². The Balaban J connectivity index is 1.77. The number of aryl methyl sites for hydroxylation is 1. The van der Waals surface area contributed by atoms with Crippen LogP contribution in [0.3, 0.4) is 0 Å². The third-order valence-corrected chi connectivity index (χ3v) is 4.39. The third-order valence-electron chi connectivity index (χ3n) is 4.39. The average Bonchev–Trinajstić information content (AvgIpc) is 2.54. The molecule has 1 N–H and O–H groups in total. The molecule has 1 aliphatic heterocycles. The molecule has 1 aliphatic rings. The van der Waals surface area contributed by atoms with Crippen LogP contribution in [0.25, 0.3) is 0 Å². The van der Waals surface area contributed by atoms with E-state index in [1.54, 1.807) is 0 Å². The molecular formula is C17H24F2N2O. The number of likely N-dealkylation sites (tertiary alicyclic amines) is 1. The van der Waals surface area contributed by atoms with Gasteiger partial charge in [0.25, 0.3) is 0 Å². The number of nitrogens with one attached hydrogen (secondary N) is 1. The number of rotatable bonds is 6. The average molecular weight is 310 g/mol. The summed E-state index contributed by atoms with van der Waals surface area (Å²) in [7, 11) is 1.95. The van der Waals surface area contributed by atoms with E-state index in [-0.39, 0.29) is 24.3 Å². The SMILES string of the molecule is CNCCC1CCN(C(=O)CCc2cc(F)ccc2F)CC1. The number of carbonyl (C=O) groups is 1. The van der Waals surface area contributed by atoms with Gasteiger partial charge >= 0.3 is 0 Å². The highest BCUT2D eigenvalue weighted by Gasteiger charge is 2.22. The number of halogens is 2. The molecule has 1 fully saturated rings. The monoisotopic (exact) mass is 310 g/mol. The summed E-state index contributed by atoms with van der Waals surface area (Å²) >= 11 is 0. The van der Waals surface area contributed by atoms with Crippen molar-refractivity contribution >= 4 is 5.91 Å². The highest BCUT2D eigenvalue weighted by Crippen LogP contribution is 2.21. The van der Waals surface area contributed by atoms with Gasteiger partial charge in [-0.05, 0) is 69.0 Å². The Kier molecular flexibility index (Phi) is 6.31. The van der Waals surface area contributed by atoms with Gasteiger partial charge < -0.3 is 10.2 Å². The maximum absolute atomic E-state index is 13.5. The first kappa shape index (κ1) is 16.9. The molecule has 0 atom stereocenters. The van der Waals surface area contributed by atoms with Crippen molar-refractivity contribution in [2.45, 2.75) is 32.1 Å². The van der Waals surface area contributed by atoms with Gasteiger partial charge in [0.1, 0.15) is 11.6 Å². The van der Waals surface area contributed by atoms with Gasteiger partial charge in [0.15, 0.2) is 0 Å². The van der Waals surface area contributed by atoms with E-state index < -0.39 is 11.6 Å². The smallest absolute Gasteiger partial charge is 0.222 e. The molecular weight excluding hydrogens is 286 g/mol. The first-order valence-corrected chi connectivity index (χ1v) is 7.96. The molecule has 1 aromatic rings. The van der Waals surface area contributed by atoms with Crippen LogP contribution in [0.4, 0.5) is 8.78 Å². The van der Waals surface area contributed by atoms with Crippen LogP contribution in [0, 0.1) is 17.6 Å². The van der Waals surface area contributed by atoms with E-state index in [9.17, 15) is 13.6 Å². The highest BCUT2D eigenvalue weighted by atomic mass is 19.1. The Morgan fingerprint density at radius 2 is 2.05 bits per heavy atom. The summed E-state index contributed by atoms with van der Waals surface area (Å²) in [6, 6.07) is 3.38. The van der Waals surface area contributed by atoms with Gasteiger partial charge in [0.2, 0.25) is 5.91 Å². The minimum Gasteiger partial charge on any atom is -0.343 e. The standard InChI is InChI=1S/C17H24F2N2O/c1-20-9-6-13-7-10-21(11-8-13)17(22)5-2-14-12-15(18)3-4-16(14)19/h3-4,12-13,20H,2,5-11H2,1H3. The van der Waals surface area contributed by atoms with E-state index in [1.807, 2.05) is 11.9 Å². The second-order valence-corrected chi connectivity index (χ2v) is 5.95. The van der Waals surface area contributed by atoms with Crippen molar-refractivity contribution < 1.29 is 13.6 Å². The Bertz CT molecular complexity index is 499. The Morgan fingerprint density at radius 3 is 2.73 bits per heavy atom. The first-order valence-electron chi connectivity index (χ1n) is 7.96. The van der Waals surface area contributed by atoms with Gasteiger partial charge in [-0.3, -0.25) is 4.79 Å². The molecule has 1 aromatic carbocycles. The zero-order valence-electron chi connectivity index (χ0n) is 13.1. The maximum atomic E-state index is 13.5. The molecule has 0 spiro atoms. The van der Waals surface area contributed by atoms with Crippen LogP contribution >= 0.6 is 0 Å². The second kappa shape index (κ2) is 8.22. The summed E-state index contributed by atoms with van der Waals surface area (Å²) in [5.41, 5.74) is 0.275. The molecule has 122 valence electrons. The summed E-state index contributed by atoms with van der Waals surface area (Å²) in [4.78, 5) is 14.0. The number of hydrogen-bond donors (Lipinski definition) is 1. The lowest BCUT2D eigenvalue weighted by Crippen LogP contribution is -2.39. The molecule has 0 aromatic heterocycles. The quantitative estimate of drug-likeness (QED) is 0.876.